The normalized spacial score (nSPS) is 10.7. The Morgan fingerprint density at radius 3 is 2.74 bits per heavy atom. The van der Waals surface area contributed by atoms with E-state index in [0.29, 0.717) is 36.7 Å². The quantitative estimate of drug-likeness (QED) is 0.498. The highest BCUT2D eigenvalue weighted by atomic mass is 16.2. The Labute approximate surface area is 156 Å². The first-order valence-electron chi connectivity index (χ1n) is 8.55. The minimum Gasteiger partial charge on any atom is -0.386 e. The highest BCUT2D eigenvalue weighted by Crippen LogP contribution is 2.13. The molecule has 0 bridgehead atoms. The van der Waals surface area contributed by atoms with Gasteiger partial charge in [-0.25, -0.2) is 4.79 Å². The summed E-state index contributed by atoms with van der Waals surface area (Å²) in [4.78, 5) is 31.1. The summed E-state index contributed by atoms with van der Waals surface area (Å²) >= 11 is 0. The number of aryl methyl sites for hydroxylation is 1. The Hall–Kier alpha value is -3.55. The molecule has 2 heterocycles. The van der Waals surface area contributed by atoms with E-state index in [4.69, 9.17) is 5.73 Å². The molecule has 0 aliphatic rings. The summed E-state index contributed by atoms with van der Waals surface area (Å²) in [6.07, 6.45) is 2.08. The van der Waals surface area contributed by atoms with E-state index in [0.717, 1.165) is 16.6 Å². The summed E-state index contributed by atoms with van der Waals surface area (Å²) in [5.74, 6) is 0.262. The molecule has 0 aliphatic heterocycles. The number of nitrogens with zero attached hydrogens (tertiary/aromatic N) is 2. The molecule has 5 N–H and O–H groups in total. The van der Waals surface area contributed by atoms with E-state index in [1.54, 1.807) is 6.20 Å². The molecule has 3 rings (SSSR count). The number of H-pyrrole nitrogens is 1. The van der Waals surface area contributed by atoms with Gasteiger partial charge >= 0.3 is 5.69 Å². The fraction of sp³-hybridized carbons (Fsp3) is 0.211. The van der Waals surface area contributed by atoms with Crippen LogP contribution in [0, 0.1) is 6.92 Å². The molecule has 0 atom stereocenters. The van der Waals surface area contributed by atoms with E-state index >= 15 is 0 Å². The van der Waals surface area contributed by atoms with Crippen molar-refractivity contribution in [2.75, 3.05) is 6.54 Å². The Bertz CT molecular complexity index is 1030. The predicted molar refractivity (Wildman–Crippen MR) is 104 cm³/mol. The third kappa shape index (κ3) is 4.55. The van der Waals surface area contributed by atoms with Crippen LogP contribution in [-0.4, -0.2) is 27.0 Å². The van der Waals surface area contributed by atoms with Crippen molar-refractivity contribution in [3.8, 4) is 5.69 Å². The van der Waals surface area contributed by atoms with Crippen LogP contribution in [0.25, 0.3) is 16.7 Å². The van der Waals surface area contributed by atoms with Crippen molar-refractivity contribution in [3.05, 3.63) is 70.7 Å². The number of amides is 1. The molecule has 0 aliphatic carbocycles. The van der Waals surface area contributed by atoms with Gasteiger partial charge in [0.1, 0.15) is 5.65 Å². The number of nitrogens with one attached hydrogen (secondary N) is 3. The Morgan fingerprint density at radius 2 is 2.04 bits per heavy atom. The molecule has 0 fully saturated rings. The fourth-order valence-corrected chi connectivity index (χ4v) is 2.72. The van der Waals surface area contributed by atoms with Gasteiger partial charge in [0, 0.05) is 36.8 Å². The minimum atomic E-state index is -0.348. The number of carbonyl (C=O) groups excluding carboxylic acids is 1. The van der Waals surface area contributed by atoms with E-state index in [2.05, 4.69) is 27.2 Å². The average molecular weight is 366 g/mol. The van der Waals surface area contributed by atoms with Gasteiger partial charge in [0.2, 0.25) is 5.91 Å². The van der Waals surface area contributed by atoms with Gasteiger partial charge in [-0.1, -0.05) is 18.7 Å². The topological polar surface area (TPSA) is 118 Å². The average Bonchev–Trinajstić information content (AvgIpc) is 2.98. The molecule has 0 saturated carbocycles. The van der Waals surface area contributed by atoms with Gasteiger partial charge in [0.15, 0.2) is 0 Å². The van der Waals surface area contributed by atoms with Crippen LogP contribution in [-0.2, 0) is 11.3 Å². The number of fused-ring (bicyclic) bond motifs is 1. The number of aromatic nitrogens is 3. The molecule has 1 aromatic carbocycles. The second-order valence-electron chi connectivity index (χ2n) is 6.29. The Balaban J connectivity index is 1.65. The molecular formula is C19H22N6O2. The van der Waals surface area contributed by atoms with Crippen molar-refractivity contribution in [3.63, 3.8) is 0 Å². The molecule has 8 heteroatoms. The zero-order valence-corrected chi connectivity index (χ0v) is 15.1. The molecular weight excluding hydrogens is 344 g/mol. The van der Waals surface area contributed by atoms with E-state index in [9.17, 15) is 9.59 Å². The first kappa shape index (κ1) is 18.2. The van der Waals surface area contributed by atoms with E-state index in [-0.39, 0.29) is 11.6 Å². The van der Waals surface area contributed by atoms with Gasteiger partial charge in [-0.15, -0.1) is 0 Å². The molecule has 140 valence electrons. The summed E-state index contributed by atoms with van der Waals surface area (Å²) in [5, 5.41) is 6.51. The second-order valence-corrected chi connectivity index (χ2v) is 6.29. The predicted octanol–water partition coefficient (Wildman–Crippen LogP) is 1.05. The SMILES string of the molecule is C=C(N)NCCC(=O)NCc1ccc(-n2cc3cc(C)[nH]c3nc2=O)cc1. The van der Waals surface area contributed by atoms with Crippen LogP contribution >= 0.6 is 0 Å². The number of nitrogens with two attached hydrogens (primary N) is 1. The zero-order chi connectivity index (χ0) is 19.4. The number of rotatable bonds is 7. The third-order valence-electron chi connectivity index (χ3n) is 4.05. The van der Waals surface area contributed by atoms with Crippen molar-refractivity contribution >= 4 is 16.9 Å². The summed E-state index contributed by atoms with van der Waals surface area (Å²) in [6.45, 7) is 6.28. The molecule has 8 nitrogen and oxygen atoms in total. The van der Waals surface area contributed by atoms with Crippen molar-refractivity contribution in [1.29, 1.82) is 0 Å². The summed E-state index contributed by atoms with van der Waals surface area (Å²) in [7, 11) is 0. The smallest absolute Gasteiger partial charge is 0.354 e. The van der Waals surface area contributed by atoms with Crippen LogP contribution in [0.3, 0.4) is 0 Å². The van der Waals surface area contributed by atoms with Crippen LogP contribution < -0.4 is 22.1 Å². The van der Waals surface area contributed by atoms with Crippen LogP contribution in [0.5, 0.6) is 0 Å². The maximum Gasteiger partial charge on any atom is 0.354 e. The van der Waals surface area contributed by atoms with Gasteiger partial charge in [0.05, 0.1) is 11.5 Å². The number of hydrogen-bond donors (Lipinski definition) is 4. The zero-order valence-electron chi connectivity index (χ0n) is 15.1. The number of aromatic amines is 1. The lowest BCUT2D eigenvalue weighted by molar-refractivity contribution is -0.121. The van der Waals surface area contributed by atoms with Gasteiger partial charge in [-0.3, -0.25) is 9.36 Å². The largest absolute Gasteiger partial charge is 0.386 e. The lowest BCUT2D eigenvalue weighted by atomic mass is 10.2. The molecule has 1 amide bonds. The summed E-state index contributed by atoms with van der Waals surface area (Å²) in [6, 6.07) is 9.34. The molecule has 27 heavy (non-hydrogen) atoms. The number of benzene rings is 1. The lowest BCUT2D eigenvalue weighted by Gasteiger charge is -2.09. The maximum absolute atomic E-state index is 12.2. The Kier molecular flexibility index (Phi) is 5.25. The van der Waals surface area contributed by atoms with Crippen molar-refractivity contribution in [1.82, 2.24) is 25.2 Å². The first-order valence-corrected chi connectivity index (χ1v) is 8.55. The molecule has 0 saturated heterocycles. The number of hydrogen-bond acceptors (Lipinski definition) is 5. The van der Waals surface area contributed by atoms with Crippen LogP contribution in [0.1, 0.15) is 17.7 Å². The van der Waals surface area contributed by atoms with Gasteiger partial charge in [-0.05, 0) is 30.7 Å². The summed E-state index contributed by atoms with van der Waals surface area (Å²) in [5.41, 5.74) is 8.22. The minimum absolute atomic E-state index is 0.0819. The highest BCUT2D eigenvalue weighted by molar-refractivity contribution is 5.76. The second kappa shape index (κ2) is 7.77. The lowest BCUT2D eigenvalue weighted by Crippen LogP contribution is -2.28. The molecule has 0 unspecified atom stereocenters. The van der Waals surface area contributed by atoms with Crippen LogP contribution in [0.2, 0.25) is 0 Å². The monoisotopic (exact) mass is 366 g/mol. The molecule has 3 aromatic rings. The van der Waals surface area contributed by atoms with E-state index in [1.165, 1.54) is 4.57 Å². The fourth-order valence-electron chi connectivity index (χ4n) is 2.72. The first-order chi connectivity index (χ1) is 12.9. The van der Waals surface area contributed by atoms with Crippen molar-refractivity contribution < 1.29 is 4.79 Å². The van der Waals surface area contributed by atoms with E-state index in [1.807, 2.05) is 37.3 Å². The highest BCUT2D eigenvalue weighted by Gasteiger charge is 2.07. The van der Waals surface area contributed by atoms with Gasteiger partial charge in [0.25, 0.3) is 0 Å². The number of carbonyl (C=O) groups is 1. The van der Waals surface area contributed by atoms with Crippen LogP contribution in [0.15, 0.2) is 53.7 Å². The third-order valence-corrected chi connectivity index (χ3v) is 4.05. The van der Waals surface area contributed by atoms with Crippen LogP contribution in [0.4, 0.5) is 0 Å². The standard InChI is InChI=1S/C19H22N6O2/c1-12-9-15-11-25(19(27)24-18(15)23-12)16-5-3-14(4-6-16)10-22-17(26)7-8-21-13(2)20/h3-6,9,11,21H,2,7-8,10,20H2,1H3,(H,22,26)(H,23,24,27). The van der Waals surface area contributed by atoms with Gasteiger partial charge in [-0.2, -0.15) is 4.98 Å². The van der Waals surface area contributed by atoms with E-state index < -0.39 is 0 Å². The maximum atomic E-state index is 12.2. The molecule has 0 spiro atoms. The molecule has 2 aromatic heterocycles. The summed E-state index contributed by atoms with van der Waals surface area (Å²) < 4.78 is 1.50. The molecule has 0 radical (unpaired) electrons. The van der Waals surface area contributed by atoms with Crippen molar-refractivity contribution in [2.45, 2.75) is 19.9 Å². The van der Waals surface area contributed by atoms with Crippen molar-refractivity contribution in [2.24, 2.45) is 5.73 Å². The van der Waals surface area contributed by atoms with Gasteiger partial charge < -0.3 is 21.4 Å². The Morgan fingerprint density at radius 1 is 1.30 bits per heavy atom.